The summed E-state index contributed by atoms with van der Waals surface area (Å²) in [6.07, 6.45) is 1.63. The van der Waals surface area contributed by atoms with Crippen LogP contribution in [0.2, 0.25) is 0 Å². The van der Waals surface area contributed by atoms with Crippen molar-refractivity contribution in [1.29, 1.82) is 0 Å². The molecule has 76 valence electrons. The molecule has 0 N–H and O–H groups in total. The predicted octanol–water partition coefficient (Wildman–Crippen LogP) is 0.801. The van der Waals surface area contributed by atoms with Gasteiger partial charge in [0.05, 0.1) is 6.61 Å². The molecule has 3 nitrogen and oxygen atoms in total. The molecule has 1 heterocycles. The zero-order valence-electron chi connectivity index (χ0n) is 8.03. The summed E-state index contributed by atoms with van der Waals surface area (Å²) in [6, 6.07) is 0. The van der Waals surface area contributed by atoms with Crippen LogP contribution in [0.25, 0.3) is 0 Å². The number of thiol groups is 1. The van der Waals surface area contributed by atoms with Gasteiger partial charge in [0, 0.05) is 32.5 Å². The highest BCUT2D eigenvalue weighted by Gasteiger charge is 2.25. The van der Waals surface area contributed by atoms with E-state index in [1.54, 1.807) is 7.11 Å². The van der Waals surface area contributed by atoms with Gasteiger partial charge >= 0.3 is 0 Å². The molecule has 4 heteroatoms. The summed E-state index contributed by atoms with van der Waals surface area (Å²) in [5.74, 6) is 1.41. The van der Waals surface area contributed by atoms with Crippen molar-refractivity contribution in [2.45, 2.75) is 12.8 Å². The van der Waals surface area contributed by atoms with Crippen LogP contribution in [0.15, 0.2) is 0 Å². The van der Waals surface area contributed by atoms with E-state index in [2.05, 4.69) is 12.6 Å². The summed E-state index contributed by atoms with van der Waals surface area (Å²) in [5, 5.41) is 0. The Kier molecular flexibility index (Phi) is 4.59. The van der Waals surface area contributed by atoms with Gasteiger partial charge in [-0.2, -0.15) is 12.6 Å². The third-order valence-electron chi connectivity index (χ3n) is 2.37. The number of hydrogen-bond acceptors (Lipinski definition) is 3. The second kappa shape index (κ2) is 5.50. The zero-order chi connectivity index (χ0) is 9.68. The molecule has 13 heavy (non-hydrogen) atoms. The minimum atomic E-state index is 0.230. The van der Waals surface area contributed by atoms with Crippen molar-refractivity contribution in [3.63, 3.8) is 0 Å². The van der Waals surface area contributed by atoms with Crippen LogP contribution in [0.5, 0.6) is 0 Å². The van der Waals surface area contributed by atoms with Crippen LogP contribution in [0.1, 0.15) is 12.8 Å². The van der Waals surface area contributed by atoms with Crippen LogP contribution in [0, 0.1) is 5.92 Å². The average molecular weight is 203 g/mol. The van der Waals surface area contributed by atoms with Crippen LogP contribution in [0.4, 0.5) is 0 Å². The van der Waals surface area contributed by atoms with Gasteiger partial charge in [-0.05, 0) is 12.2 Å². The van der Waals surface area contributed by atoms with Crippen molar-refractivity contribution < 1.29 is 9.53 Å². The molecule has 1 unspecified atom stereocenters. The Bertz CT molecular complexity index is 175. The lowest BCUT2D eigenvalue weighted by molar-refractivity contribution is -0.129. The van der Waals surface area contributed by atoms with Crippen molar-refractivity contribution in [1.82, 2.24) is 4.90 Å². The monoisotopic (exact) mass is 203 g/mol. The fourth-order valence-electron chi connectivity index (χ4n) is 1.68. The highest BCUT2D eigenvalue weighted by Crippen LogP contribution is 2.16. The third-order valence-corrected chi connectivity index (χ3v) is 2.59. The first kappa shape index (κ1) is 10.9. The molecule has 0 aromatic carbocycles. The minimum absolute atomic E-state index is 0.230. The molecule has 1 fully saturated rings. The summed E-state index contributed by atoms with van der Waals surface area (Å²) < 4.78 is 5.06. The Morgan fingerprint density at radius 3 is 3.08 bits per heavy atom. The van der Waals surface area contributed by atoms with E-state index in [0.29, 0.717) is 18.1 Å². The Hall–Kier alpha value is -0.220. The smallest absolute Gasteiger partial charge is 0.223 e. The molecule has 1 aliphatic rings. The summed E-state index contributed by atoms with van der Waals surface area (Å²) in [7, 11) is 1.71. The SMILES string of the molecule is COCC1CCN(C(=O)CCS)C1. The van der Waals surface area contributed by atoms with Crippen LogP contribution in [-0.4, -0.2) is 43.4 Å². The van der Waals surface area contributed by atoms with E-state index in [4.69, 9.17) is 4.74 Å². The van der Waals surface area contributed by atoms with E-state index in [-0.39, 0.29) is 5.91 Å². The maximum Gasteiger partial charge on any atom is 0.223 e. The quantitative estimate of drug-likeness (QED) is 0.685. The lowest BCUT2D eigenvalue weighted by Gasteiger charge is -2.15. The number of nitrogens with zero attached hydrogens (tertiary/aromatic N) is 1. The minimum Gasteiger partial charge on any atom is -0.384 e. The van der Waals surface area contributed by atoms with Crippen LogP contribution in [0.3, 0.4) is 0 Å². The number of rotatable bonds is 4. The van der Waals surface area contributed by atoms with Gasteiger partial charge in [0.1, 0.15) is 0 Å². The number of amides is 1. The molecule has 1 saturated heterocycles. The Balaban J connectivity index is 2.27. The molecule has 0 aromatic rings. The van der Waals surface area contributed by atoms with E-state index < -0.39 is 0 Å². The van der Waals surface area contributed by atoms with Gasteiger partial charge in [0.15, 0.2) is 0 Å². The highest BCUT2D eigenvalue weighted by molar-refractivity contribution is 7.80. The van der Waals surface area contributed by atoms with Crippen molar-refractivity contribution in [3.05, 3.63) is 0 Å². The fraction of sp³-hybridized carbons (Fsp3) is 0.889. The summed E-state index contributed by atoms with van der Waals surface area (Å²) in [6.45, 7) is 2.52. The van der Waals surface area contributed by atoms with Crippen molar-refractivity contribution in [2.24, 2.45) is 5.92 Å². The Morgan fingerprint density at radius 2 is 2.46 bits per heavy atom. The van der Waals surface area contributed by atoms with Crippen LogP contribution < -0.4 is 0 Å². The largest absolute Gasteiger partial charge is 0.384 e. The van der Waals surface area contributed by atoms with Gasteiger partial charge in [0.2, 0.25) is 5.91 Å². The van der Waals surface area contributed by atoms with Crippen molar-refractivity contribution in [3.8, 4) is 0 Å². The zero-order valence-corrected chi connectivity index (χ0v) is 8.93. The standard InChI is InChI=1S/C9H17NO2S/c1-12-7-8-2-4-10(6-8)9(11)3-5-13/h8,13H,2-7H2,1H3. The second-order valence-electron chi connectivity index (χ2n) is 3.42. The van der Waals surface area contributed by atoms with Gasteiger partial charge in [-0.15, -0.1) is 0 Å². The normalized spacial score (nSPS) is 22.3. The molecule has 0 bridgehead atoms. The number of carbonyl (C=O) groups is 1. The number of ether oxygens (including phenoxy) is 1. The fourth-order valence-corrected chi connectivity index (χ4v) is 1.88. The number of likely N-dealkylation sites (tertiary alicyclic amines) is 1. The molecule has 0 radical (unpaired) electrons. The Labute approximate surface area is 84.8 Å². The third kappa shape index (κ3) is 3.19. The topological polar surface area (TPSA) is 29.5 Å². The highest BCUT2D eigenvalue weighted by atomic mass is 32.1. The second-order valence-corrected chi connectivity index (χ2v) is 3.87. The van der Waals surface area contributed by atoms with Gasteiger partial charge in [-0.3, -0.25) is 4.79 Å². The van der Waals surface area contributed by atoms with Crippen molar-refractivity contribution >= 4 is 18.5 Å². The van der Waals surface area contributed by atoms with E-state index in [9.17, 15) is 4.79 Å². The van der Waals surface area contributed by atoms with Gasteiger partial charge < -0.3 is 9.64 Å². The summed E-state index contributed by atoms with van der Waals surface area (Å²) in [4.78, 5) is 13.3. The average Bonchev–Trinajstić information content (AvgIpc) is 2.54. The maximum atomic E-state index is 11.4. The lowest BCUT2D eigenvalue weighted by atomic mass is 10.1. The summed E-state index contributed by atoms with van der Waals surface area (Å²) in [5.41, 5.74) is 0. The lowest BCUT2D eigenvalue weighted by Crippen LogP contribution is -2.29. The molecule has 0 aliphatic carbocycles. The molecule has 0 saturated carbocycles. The Morgan fingerprint density at radius 1 is 1.69 bits per heavy atom. The van der Waals surface area contributed by atoms with E-state index in [1.807, 2.05) is 4.90 Å². The first-order valence-electron chi connectivity index (χ1n) is 4.65. The molecule has 1 aliphatic heterocycles. The van der Waals surface area contributed by atoms with Gasteiger partial charge in [-0.1, -0.05) is 0 Å². The molecule has 0 aromatic heterocycles. The molecule has 1 rings (SSSR count). The van der Waals surface area contributed by atoms with Crippen LogP contribution >= 0.6 is 12.6 Å². The first-order chi connectivity index (χ1) is 6.27. The van der Waals surface area contributed by atoms with Crippen molar-refractivity contribution in [2.75, 3.05) is 32.6 Å². The van der Waals surface area contributed by atoms with E-state index in [1.165, 1.54) is 0 Å². The number of hydrogen-bond donors (Lipinski definition) is 1. The van der Waals surface area contributed by atoms with Gasteiger partial charge in [-0.25, -0.2) is 0 Å². The number of methoxy groups -OCH3 is 1. The predicted molar refractivity (Wildman–Crippen MR) is 55.0 cm³/mol. The van der Waals surface area contributed by atoms with Crippen LogP contribution in [-0.2, 0) is 9.53 Å². The molecular weight excluding hydrogens is 186 g/mol. The molecular formula is C9H17NO2S. The summed E-state index contributed by atoms with van der Waals surface area (Å²) >= 11 is 4.04. The van der Waals surface area contributed by atoms with Gasteiger partial charge in [0.25, 0.3) is 0 Å². The maximum absolute atomic E-state index is 11.4. The van der Waals surface area contributed by atoms with E-state index in [0.717, 1.165) is 26.1 Å². The molecule has 0 spiro atoms. The van der Waals surface area contributed by atoms with E-state index >= 15 is 0 Å². The molecule has 1 atom stereocenters. The molecule has 1 amide bonds. The number of carbonyl (C=O) groups excluding carboxylic acids is 1. The first-order valence-corrected chi connectivity index (χ1v) is 5.28.